The second kappa shape index (κ2) is 10.5. The first-order chi connectivity index (χ1) is 16.5. The topological polar surface area (TPSA) is 95.3 Å². The largest absolute Gasteiger partial charge is 0.545 e. The number of carbonyl (C=O) groups is 2. The second-order valence-corrected chi connectivity index (χ2v) is 9.18. The van der Waals surface area contributed by atoms with Crippen LogP contribution in [-0.2, 0) is 11.3 Å². The van der Waals surface area contributed by atoms with Crippen molar-refractivity contribution in [3.05, 3.63) is 100 Å². The molecule has 0 N–H and O–H groups in total. The summed E-state index contributed by atoms with van der Waals surface area (Å²) in [5.41, 5.74) is 1.94. The molecule has 2 aromatic carbocycles. The molecule has 4 aromatic rings. The van der Waals surface area contributed by atoms with Gasteiger partial charge < -0.3 is 14.8 Å². The Morgan fingerprint density at radius 1 is 1.12 bits per heavy atom. The third-order valence-electron chi connectivity index (χ3n) is 5.07. The number of thiophene rings is 1. The van der Waals surface area contributed by atoms with Crippen LogP contribution >= 0.6 is 23.1 Å². The van der Waals surface area contributed by atoms with Crippen molar-refractivity contribution in [3.63, 3.8) is 0 Å². The molecule has 0 saturated heterocycles. The van der Waals surface area contributed by atoms with Crippen molar-refractivity contribution in [2.45, 2.75) is 11.7 Å². The number of rotatable bonds is 9. The average molecular weight is 491 g/mol. The summed E-state index contributed by atoms with van der Waals surface area (Å²) in [6.07, 6.45) is 1.66. The molecule has 0 aliphatic carbocycles. The summed E-state index contributed by atoms with van der Waals surface area (Å²) < 4.78 is 2.05. The Bertz CT molecular complexity index is 1400. The predicted octanol–water partition coefficient (Wildman–Crippen LogP) is 3.18. The lowest BCUT2D eigenvalue weighted by Gasteiger charge is -2.21. The van der Waals surface area contributed by atoms with Crippen LogP contribution in [-0.4, -0.2) is 33.7 Å². The molecule has 0 unspecified atom stereocenters. The van der Waals surface area contributed by atoms with Crippen molar-refractivity contribution in [2.75, 3.05) is 17.2 Å². The number of hydrogen-bond acceptors (Lipinski definition) is 7. The number of aromatic nitrogens is 2. The first kappa shape index (κ1) is 23.5. The third kappa shape index (κ3) is 5.11. The van der Waals surface area contributed by atoms with Gasteiger partial charge in [-0.15, -0.1) is 17.9 Å². The minimum atomic E-state index is -1.26. The van der Waals surface area contributed by atoms with Crippen LogP contribution in [0.2, 0.25) is 0 Å². The van der Waals surface area contributed by atoms with Crippen LogP contribution in [0, 0.1) is 0 Å². The number of aromatic carboxylic acids is 1. The number of carboxylic acids is 1. The number of anilines is 1. The van der Waals surface area contributed by atoms with E-state index >= 15 is 0 Å². The van der Waals surface area contributed by atoms with Gasteiger partial charge in [-0.3, -0.25) is 14.2 Å². The quantitative estimate of drug-likeness (QED) is 0.203. The first-order valence-corrected chi connectivity index (χ1v) is 12.2. The van der Waals surface area contributed by atoms with Crippen LogP contribution in [0.3, 0.4) is 0 Å². The van der Waals surface area contributed by atoms with E-state index in [1.165, 1.54) is 39.8 Å². The van der Waals surface area contributed by atoms with Gasteiger partial charge in [-0.25, -0.2) is 4.98 Å². The number of benzene rings is 2. The summed E-state index contributed by atoms with van der Waals surface area (Å²) >= 11 is 2.50. The molecular weight excluding hydrogens is 470 g/mol. The van der Waals surface area contributed by atoms with Crippen LogP contribution in [0.5, 0.6) is 0 Å². The molecule has 9 heteroatoms. The summed E-state index contributed by atoms with van der Waals surface area (Å²) in [5, 5.41) is 13.2. The molecule has 2 heterocycles. The van der Waals surface area contributed by atoms with Gasteiger partial charge in [0.25, 0.3) is 5.56 Å². The van der Waals surface area contributed by atoms with Gasteiger partial charge in [0, 0.05) is 12.2 Å². The summed E-state index contributed by atoms with van der Waals surface area (Å²) in [5.74, 6) is -1.32. The normalized spacial score (nSPS) is 10.8. The average Bonchev–Trinajstić information content (AvgIpc) is 3.33. The molecule has 34 heavy (non-hydrogen) atoms. The van der Waals surface area contributed by atoms with Crippen molar-refractivity contribution >= 4 is 50.9 Å². The standard InChI is InChI=1S/C25H21N3O4S2/c1-2-13-27(19-6-4-3-5-7-19)21(29)16-34-25-26-20-12-14-33-22(20)23(30)28(25)15-17-8-10-18(11-9-17)24(31)32/h2-12,14H,1,13,15-16H2,(H,31,32)/p-1. The predicted molar refractivity (Wildman–Crippen MR) is 133 cm³/mol. The Morgan fingerprint density at radius 3 is 2.53 bits per heavy atom. The van der Waals surface area contributed by atoms with E-state index in [0.29, 0.717) is 21.9 Å². The van der Waals surface area contributed by atoms with Crippen molar-refractivity contribution in [1.29, 1.82) is 0 Å². The van der Waals surface area contributed by atoms with Crippen LogP contribution in [0.15, 0.2) is 88.6 Å². The fraction of sp³-hybridized carbons (Fsp3) is 0.120. The molecule has 0 spiro atoms. The zero-order valence-corrected chi connectivity index (χ0v) is 19.7. The van der Waals surface area contributed by atoms with E-state index in [1.54, 1.807) is 34.6 Å². The van der Waals surface area contributed by atoms with E-state index in [9.17, 15) is 19.5 Å². The maximum absolute atomic E-state index is 13.2. The van der Waals surface area contributed by atoms with E-state index in [1.807, 2.05) is 30.3 Å². The van der Waals surface area contributed by atoms with Gasteiger partial charge in [-0.2, -0.15) is 0 Å². The smallest absolute Gasteiger partial charge is 0.272 e. The summed E-state index contributed by atoms with van der Waals surface area (Å²) in [6, 6.07) is 17.2. The number of amides is 1. The third-order valence-corrected chi connectivity index (χ3v) is 6.92. The molecule has 0 atom stereocenters. The van der Waals surface area contributed by atoms with Gasteiger partial charge in [0.1, 0.15) is 4.70 Å². The van der Waals surface area contributed by atoms with E-state index < -0.39 is 5.97 Å². The maximum atomic E-state index is 13.2. The van der Waals surface area contributed by atoms with Crippen molar-refractivity contribution < 1.29 is 14.7 Å². The lowest BCUT2D eigenvalue weighted by molar-refractivity contribution is -0.255. The second-order valence-electron chi connectivity index (χ2n) is 7.32. The molecular formula is C25H20N3O4S2-. The molecule has 172 valence electrons. The molecule has 2 aromatic heterocycles. The monoisotopic (exact) mass is 490 g/mol. The van der Waals surface area contributed by atoms with E-state index in [0.717, 1.165) is 11.3 Å². The molecule has 0 aliphatic heterocycles. The highest BCUT2D eigenvalue weighted by Crippen LogP contribution is 2.23. The minimum Gasteiger partial charge on any atom is -0.545 e. The van der Waals surface area contributed by atoms with Gasteiger partial charge >= 0.3 is 0 Å². The lowest BCUT2D eigenvalue weighted by atomic mass is 10.1. The Kier molecular flexibility index (Phi) is 7.24. The van der Waals surface area contributed by atoms with E-state index in [4.69, 9.17) is 0 Å². The highest BCUT2D eigenvalue weighted by molar-refractivity contribution is 7.99. The van der Waals surface area contributed by atoms with Crippen LogP contribution in [0.25, 0.3) is 10.2 Å². The summed E-state index contributed by atoms with van der Waals surface area (Å²) in [7, 11) is 0. The van der Waals surface area contributed by atoms with Crippen molar-refractivity contribution in [1.82, 2.24) is 9.55 Å². The van der Waals surface area contributed by atoms with Gasteiger partial charge in [0.15, 0.2) is 5.16 Å². The Labute approximate surface area is 204 Å². The zero-order valence-electron chi connectivity index (χ0n) is 18.0. The Morgan fingerprint density at radius 2 is 1.85 bits per heavy atom. The van der Waals surface area contributed by atoms with Crippen molar-refractivity contribution in [3.8, 4) is 0 Å². The first-order valence-electron chi connectivity index (χ1n) is 10.4. The zero-order chi connectivity index (χ0) is 24.1. The fourth-order valence-corrected chi connectivity index (χ4v) is 5.05. The van der Waals surface area contributed by atoms with Crippen LogP contribution < -0.4 is 15.6 Å². The molecule has 7 nitrogen and oxygen atoms in total. The van der Waals surface area contributed by atoms with Gasteiger partial charge in [0.05, 0.1) is 23.8 Å². The molecule has 0 fully saturated rings. The number of fused-ring (bicyclic) bond motifs is 1. The molecule has 0 aliphatic rings. The molecule has 0 bridgehead atoms. The number of hydrogen-bond donors (Lipinski definition) is 0. The highest BCUT2D eigenvalue weighted by atomic mass is 32.2. The molecule has 1 amide bonds. The summed E-state index contributed by atoms with van der Waals surface area (Å²) in [4.78, 5) is 43.5. The number of para-hydroxylation sites is 1. The fourth-order valence-electron chi connectivity index (χ4n) is 3.39. The van der Waals surface area contributed by atoms with E-state index in [2.05, 4.69) is 11.6 Å². The number of carboxylic acid groups (broad SMARTS) is 1. The SMILES string of the molecule is C=CCN(C(=O)CSc1nc2ccsc2c(=O)n1Cc1ccc(C(=O)[O-])cc1)c1ccccc1. The van der Waals surface area contributed by atoms with Gasteiger partial charge in [-0.1, -0.05) is 60.3 Å². The number of nitrogens with zero attached hydrogens (tertiary/aromatic N) is 3. The number of carbonyl (C=O) groups excluding carboxylic acids is 2. The maximum Gasteiger partial charge on any atom is 0.272 e. The summed E-state index contributed by atoms with van der Waals surface area (Å²) in [6.45, 7) is 4.30. The van der Waals surface area contributed by atoms with Crippen molar-refractivity contribution in [2.24, 2.45) is 0 Å². The van der Waals surface area contributed by atoms with Gasteiger partial charge in [-0.05, 0) is 34.7 Å². The molecule has 0 radical (unpaired) electrons. The van der Waals surface area contributed by atoms with E-state index in [-0.39, 0.29) is 29.3 Å². The van der Waals surface area contributed by atoms with Crippen LogP contribution in [0.4, 0.5) is 5.69 Å². The minimum absolute atomic E-state index is 0.0614. The molecule has 4 rings (SSSR count). The van der Waals surface area contributed by atoms with Gasteiger partial charge in [0.2, 0.25) is 5.91 Å². The number of thioether (sulfide) groups is 1. The van der Waals surface area contributed by atoms with Crippen LogP contribution in [0.1, 0.15) is 15.9 Å². The Hall–Kier alpha value is -3.69. The molecule has 0 saturated carbocycles. The Balaban J connectivity index is 1.62. The lowest BCUT2D eigenvalue weighted by Crippen LogP contribution is -2.33. The highest BCUT2D eigenvalue weighted by Gasteiger charge is 2.18.